The van der Waals surface area contributed by atoms with Crippen molar-refractivity contribution in [1.29, 1.82) is 0 Å². The maximum absolute atomic E-state index is 12.6. The van der Waals surface area contributed by atoms with Crippen molar-refractivity contribution < 1.29 is 14.3 Å². The summed E-state index contributed by atoms with van der Waals surface area (Å²) in [7, 11) is 0. The van der Waals surface area contributed by atoms with Gasteiger partial charge in [0.15, 0.2) is 0 Å². The minimum atomic E-state index is -0.0965. The molecule has 2 aliphatic rings. The first-order chi connectivity index (χ1) is 9.45. The predicted molar refractivity (Wildman–Crippen MR) is 77.1 cm³/mol. The molecule has 1 amide bonds. The average Bonchev–Trinajstić information content (AvgIpc) is 2.78. The zero-order valence-corrected chi connectivity index (χ0v) is 13.0. The molecular formula is C16H27NO3. The summed E-state index contributed by atoms with van der Waals surface area (Å²) in [6.07, 6.45) is 4.81. The van der Waals surface area contributed by atoms with Crippen LogP contribution in [0.3, 0.4) is 0 Å². The molecule has 1 saturated carbocycles. The Morgan fingerprint density at radius 1 is 1.20 bits per heavy atom. The van der Waals surface area contributed by atoms with Crippen LogP contribution in [0, 0.1) is 17.3 Å². The van der Waals surface area contributed by atoms with E-state index in [-0.39, 0.29) is 23.2 Å². The van der Waals surface area contributed by atoms with E-state index >= 15 is 0 Å². The third-order valence-corrected chi connectivity index (χ3v) is 4.98. The van der Waals surface area contributed by atoms with E-state index in [4.69, 9.17) is 4.74 Å². The first-order valence-corrected chi connectivity index (χ1v) is 7.91. The molecule has 1 aliphatic heterocycles. The van der Waals surface area contributed by atoms with Gasteiger partial charge in [0.2, 0.25) is 5.91 Å². The smallest absolute Gasteiger partial charge is 0.309 e. The topological polar surface area (TPSA) is 46.6 Å². The van der Waals surface area contributed by atoms with Crippen LogP contribution in [0.5, 0.6) is 0 Å². The summed E-state index contributed by atoms with van der Waals surface area (Å²) >= 11 is 0. The van der Waals surface area contributed by atoms with Crippen molar-refractivity contribution in [1.82, 2.24) is 4.90 Å². The van der Waals surface area contributed by atoms with Crippen molar-refractivity contribution in [3.8, 4) is 0 Å². The lowest BCUT2D eigenvalue weighted by Gasteiger charge is -2.36. The number of carbonyl (C=O) groups is 2. The minimum Gasteiger partial charge on any atom is -0.466 e. The number of hydrogen-bond donors (Lipinski definition) is 0. The first-order valence-electron chi connectivity index (χ1n) is 7.91. The quantitative estimate of drug-likeness (QED) is 0.747. The van der Waals surface area contributed by atoms with Crippen molar-refractivity contribution >= 4 is 11.9 Å². The second kappa shape index (κ2) is 6.15. The summed E-state index contributed by atoms with van der Waals surface area (Å²) in [5, 5.41) is 0. The van der Waals surface area contributed by atoms with Gasteiger partial charge in [0.25, 0.3) is 0 Å². The highest BCUT2D eigenvalue weighted by Crippen LogP contribution is 2.43. The number of hydrogen-bond acceptors (Lipinski definition) is 3. The van der Waals surface area contributed by atoms with Gasteiger partial charge in [-0.05, 0) is 38.0 Å². The number of amides is 1. The summed E-state index contributed by atoms with van der Waals surface area (Å²) in [4.78, 5) is 26.3. The highest BCUT2D eigenvalue weighted by atomic mass is 16.5. The number of nitrogens with zero attached hydrogens (tertiary/aromatic N) is 1. The lowest BCUT2D eigenvalue weighted by molar-refractivity contribution is -0.152. The van der Waals surface area contributed by atoms with Crippen molar-refractivity contribution in [3.63, 3.8) is 0 Å². The number of likely N-dealkylation sites (tertiary alicyclic amines) is 1. The van der Waals surface area contributed by atoms with E-state index in [1.807, 2.05) is 11.8 Å². The van der Waals surface area contributed by atoms with E-state index in [1.54, 1.807) is 0 Å². The molecule has 4 nitrogen and oxygen atoms in total. The van der Waals surface area contributed by atoms with E-state index in [0.29, 0.717) is 25.6 Å². The molecule has 0 bridgehead atoms. The van der Waals surface area contributed by atoms with Gasteiger partial charge in [-0.2, -0.15) is 0 Å². The van der Waals surface area contributed by atoms with Gasteiger partial charge in [-0.1, -0.05) is 20.3 Å². The van der Waals surface area contributed by atoms with Gasteiger partial charge in [0, 0.05) is 19.0 Å². The third-order valence-electron chi connectivity index (χ3n) is 4.98. The van der Waals surface area contributed by atoms with E-state index < -0.39 is 0 Å². The summed E-state index contributed by atoms with van der Waals surface area (Å²) in [6, 6.07) is 0. The second-order valence-electron chi connectivity index (χ2n) is 6.79. The van der Waals surface area contributed by atoms with Crippen LogP contribution in [0.25, 0.3) is 0 Å². The minimum absolute atomic E-state index is 0.0180. The average molecular weight is 281 g/mol. The number of carbonyl (C=O) groups excluding carboxylic acids is 2. The molecule has 0 N–H and O–H groups in total. The van der Waals surface area contributed by atoms with E-state index in [2.05, 4.69) is 13.8 Å². The van der Waals surface area contributed by atoms with Crippen LogP contribution in [0.2, 0.25) is 0 Å². The van der Waals surface area contributed by atoms with Crippen LogP contribution in [-0.4, -0.2) is 36.5 Å². The molecule has 0 aromatic rings. The molecule has 4 heteroatoms. The van der Waals surface area contributed by atoms with Crippen molar-refractivity contribution in [2.45, 2.75) is 52.9 Å². The maximum Gasteiger partial charge on any atom is 0.309 e. The number of esters is 1. The Morgan fingerprint density at radius 2 is 1.85 bits per heavy atom. The maximum atomic E-state index is 12.6. The Morgan fingerprint density at radius 3 is 2.35 bits per heavy atom. The van der Waals surface area contributed by atoms with Crippen LogP contribution in [0.1, 0.15) is 52.9 Å². The van der Waals surface area contributed by atoms with Crippen molar-refractivity contribution in [3.05, 3.63) is 0 Å². The normalized spacial score (nSPS) is 26.6. The molecule has 1 unspecified atom stereocenters. The Hall–Kier alpha value is -1.06. The number of rotatable bonds is 3. The molecule has 2 rings (SSSR count). The molecule has 1 aliphatic carbocycles. The highest BCUT2D eigenvalue weighted by Gasteiger charge is 2.42. The molecular weight excluding hydrogens is 254 g/mol. The first kappa shape index (κ1) is 15.3. The fourth-order valence-corrected chi connectivity index (χ4v) is 3.60. The fourth-order valence-electron chi connectivity index (χ4n) is 3.60. The molecule has 114 valence electrons. The van der Waals surface area contributed by atoms with E-state index in [9.17, 15) is 9.59 Å². The number of piperidine rings is 1. The van der Waals surface area contributed by atoms with Gasteiger partial charge in [0.1, 0.15) is 0 Å². The second-order valence-corrected chi connectivity index (χ2v) is 6.79. The fraction of sp³-hybridized carbons (Fsp3) is 0.875. The SMILES string of the molecule is CCOC(=O)C1CCN(C(=O)C2CCCC2(C)C)CC1. The van der Waals surface area contributed by atoms with E-state index in [0.717, 1.165) is 32.1 Å². The molecule has 1 saturated heterocycles. The Bertz CT molecular complexity index is 370. The molecule has 1 heterocycles. The van der Waals surface area contributed by atoms with Crippen LogP contribution >= 0.6 is 0 Å². The largest absolute Gasteiger partial charge is 0.466 e. The lowest BCUT2D eigenvalue weighted by Crippen LogP contribution is -2.45. The molecule has 0 radical (unpaired) electrons. The summed E-state index contributed by atoms with van der Waals surface area (Å²) in [5.74, 6) is 0.354. The standard InChI is InChI=1S/C16H27NO3/c1-4-20-15(19)12-7-10-17(11-8-12)14(18)13-6-5-9-16(13,2)3/h12-13H,4-11H2,1-3H3. The summed E-state index contributed by atoms with van der Waals surface area (Å²) in [6.45, 7) is 8.08. The van der Waals surface area contributed by atoms with Crippen molar-refractivity contribution in [2.24, 2.45) is 17.3 Å². The molecule has 20 heavy (non-hydrogen) atoms. The molecule has 0 aromatic heterocycles. The van der Waals surface area contributed by atoms with Crippen molar-refractivity contribution in [2.75, 3.05) is 19.7 Å². The van der Waals surface area contributed by atoms with Gasteiger partial charge in [0.05, 0.1) is 12.5 Å². The summed E-state index contributed by atoms with van der Waals surface area (Å²) < 4.78 is 5.07. The van der Waals surface area contributed by atoms with Crippen LogP contribution < -0.4 is 0 Å². The van der Waals surface area contributed by atoms with Crippen LogP contribution in [-0.2, 0) is 14.3 Å². The monoisotopic (exact) mass is 281 g/mol. The lowest BCUT2D eigenvalue weighted by atomic mass is 9.80. The van der Waals surface area contributed by atoms with Gasteiger partial charge in [-0.3, -0.25) is 9.59 Å². The summed E-state index contributed by atoms with van der Waals surface area (Å²) in [5.41, 5.74) is 0.134. The Balaban J connectivity index is 1.87. The molecule has 0 spiro atoms. The van der Waals surface area contributed by atoms with Gasteiger partial charge in [-0.25, -0.2) is 0 Å². The zero-order chi connectivity index (χ0) is 14.8. The highest BCUT2D eigenvalue weighted by molar-refractivity contribution is 5.80. The molecule has 1 atom stereocenters. The Labute approximate surface area is 121 Å². The Kier molecular flexibility index (Phi) is 4.71. The number of ether oxygens (including phenoxy) is 1. The van der Waals surface area contributed by atoms with E-state index in [1.165, 1.54) is 0 Å². The van der Waals surface area contributed by atoms with Gasteiger partial charge in [-0.15, -0.1) is 0 Å². The van der Waals surface area contributed by atoms with Crippen LogP contribution in [0.4, 0.5) is 0 Å². The molecule has 2 fully saturated rings. The molecule has 0 aromatic carbocycles. The van der Waals surface area contributed by atoms with Crippen LogP contribution in [0.15, 0.2) is 0 Å². The third kappa shape index (κ3) is 3.15. The zero-order valence-electron chi connectivity index (χ0n) is 13.0. The predicted octanol–water partition coefficient (Wildman–Crippen LogP) is 2.61. The van der Waals surface area contributed by atoms with Gasteiger partial charge >= 0.3 is 5.97 Å². The van der Waals surface area contributed by atoms with Gasteiger partial charge < -0.3 is 9.64 Å².